The first-order valence-electron chi connectivity index (χ1n) is 46.0. The van der Waals surface area contributed by atoms with Crippen LogP contribution in [0, 0.1) is 11.8 Å². The van der Waals surface area contributed by atoms with E-state index in [0.717, 1.165) is 102 Å². The van der Waals surface area contributed by atoms with Gasteiger partial charge in [0.1, 0.15) is 19.3 Å². The zero-order valence-electron chi connectivity index (χ0n) is 71.2. The van der Waals surface area contributed by atoms with Gasteiger partial charge in [-0.1, -0.05) is 427 Å². The van der Waals surface area contributed by atoms with E-state index in [9.17, 15) is 43.2 Å². The molecule has 6 atom stereocenters. The van der Waals surface area contributed by atoms with E-state index >= 15 is 0 Å². The minimum atomic E-state index is -4.97. The summed E-state index contributed by atoms with van der Waals surface area (Å²) < 4.78 is 69.0. The van der Waals surface area contributed by atoms with Gasteiger partial charge in [-0.15, -0.1) is 0 Å². The second-order valence-corrected chi connectivity index (χ2v) is 35.6. The highest BCUT2D eigenvalue weighted by Gasteiger charge is 2.31. The van der Waals surface area contributed by atoms with Crippen molar-refractivity contribution in [1.29, 1.82) is 0 Å². The van der Waals surface area contributed by atoms with Gasteiger partial charge in [-0.2, -0.15) is 0 Å². The van der Waals surface area contributed by atoms with Gasteiger partial charge >= 0.3 is 39.5 Å². The van der Waals surface area contributed by atoms with Gasteiger partial charge in [0.15, 0.2) is 12.2 Å². The third kappa shape index (κ3) is 80.7. The number of aliphatic hydroxyl groups excluding tert-OH is 1. The van der Waals surface area contributed by atoms with Crippen molar-refractivity contribution in [2.75, 3.05) is 39.6 Å². The lowest BCUT2D eigenvalue weighted by molar-refractivity contribution is -0.161. The SMILES string of the molecule is CCCCCCCCCCCCCCCCC(=O)O[C@H](COC(=O)CCCCCCCCCCCCC)COP(=O)(O)OC[C@H](O)COP(=O)(O)OC[C@@H](COC(=O)CCCCCCCCCCCCCCCCCCCCC(C)C)OC(=O)CCCCCCCCCCCCCCCCCCCCC(C)CC. The number of phosphoric ester groups is 2. The predicted molar refractivity (Wildman–Crippen MR) is 446 cm³/mol. The molecule has 642 valence electrons. The molecule has 3 unspecified atom stereocenters. The summed E-state index contributed by atoms with van der Waals surface area (Å²) in [5, 5.41) is 10.7. The monoisotopic (exact) mass is 1580 g/mol. The molecule has 0 heterocycles. The number of aliphatic hydroxyl groups is 1. The van der Waals surface area contributed by atoms with Crippen LogP contribution in [0.4, 0.5) is 0 Å². The van der Waals surface area contributed by atoms with Gasteiger partial charge in [-0.25, -0.2) is 9.13 Å². The number of carbonyl (C=O) groups excluding carboxylic acids is 4. The minimum absolute atomic E-state index is 0.109. The van der Waals surface area contributed by atoms with Crippen molar-refractivity contribution in [3.63, 3.8) is 0 Å². The summed E-state index contributed by atoms with van der Waals surface area (Å²) >= 11 is 0. The molecule has 0 saturated heterocycles. The van der Waals surface area contributed by atoms with Crippen LogP contribution >= 0.6 is 15.6 Å². The van der Waals surface area contributed by atoms with Crippen molar-refractivity contribution in [3.05, 3.63) is 0 Å². The third-order valence-corrected chi connectivity index (χ3v) is 23.2. The number of ether oxygens (including phenoxy) is 4. The molecule has 3 N–H and O–H groups in total. The van der Waals surface area contributed by atoms with E-state index in [1.807, 2.05) is 0 Å². The van der Waals surface area contributed by atoms with Crippen molar-refractivity contribution in [2.45, 2.75) is 496 Å². The van der Waals surface area contributed by atoms with E-state index in [0.29, 0.717) is 25.7 Å². The van der Waals surface area contributed by atoms with Crippen molar-refractivity contribution in [1.82, 2.24) is 0 Å². The van der Waals surface area contributed by atoms with E-state index < -0.39 is 97.5 Å². The number of esters is 4. The molecule has 0 aromatic heterocycles. The number of phosphoric acid groups is 2. The van der Waals surface area contributed by atoms with Gasteiger partial charge in [-0.3, -0.25) is 37.3 Å². The van der Waals surface area contributed by atoms with Gasteiger partial charge in [0.05, 0.1) is 26.4 Å². The number of carbonyl (C=O) groups is 4. The summed E-state index contributed by atoms with van der Waals surface area (Å²) in [4.78, 5) is 73.3. The lowest BCUT2D eigenvalue weighted by atomic mass is 9.99. The highest BCUT2D eigenvalue weighted by Crippen LogP contribution is 2.45. The number of hydrogen-bond donors (Lipinski definition) is 3. The van der Waals surface area contributed by atoms with Crippen LogP contribution in [0.5, 0.6) is 0 Å². The van der Waals surface area contributed by atoms with Gasteiger partial charge in [-0.05, 0) is 37.5 Å². The zero-order valence-corrected chi connectivity index (χ0v) is 73.0. The van der Waals surface area contributed by atoms with Gasteiger partial charge in [0.25, 0.3) is 0 Å². The summed E-state index contributed by atoms with van der Waals surface area (Å²) in [6.45, 7) is 9.79. The Bertz CT molecular complexity index is 2070. The molecule has 0 amide bonds. The summed E-state index contributed by atoms with van der Waals surface area (Å²) in [5.41, 5.74) is 0. The van der Waals surface area contributed by atoms with Crippen LogP contribution in [0.1, 0.15) is 478 Å². The standard InChI is InChI=1S/C89H174O17P2/c1-7-10-12-14-16-18-20-21-36-43-49-55-61-67-73-88(93)105-84(77-99-86(91)71-65-59-53-47-39-19-17-15-13-11-8-2)79-103-107(95,96)101-75-83(90)76-102-108(97,98)104-80-85(78-100-87(92)72-66-60-54-48-42-37-32-28-24-22-26-30-34-40-45-51-57-63-69-81(4)5)106-89(94)74-68-62-56-50-44-38-33-29-25-23-27-31-35-41-46-52-58-64-70-82(6)9-3/h81-85,90H,7-80H2,1-6H3,(H,95,96)(H,97,98)/t82?,83-,84+,85+/m0/s1. The van der Waals surface area contributed by atoms with Crippen molar-refractivity contribution in [3.8, 4) is 0 Å². The smallest absolute Gasteiger partial charge is 0.462 e. The average molecular weight is 1580 g/mol. The Morgan fingerprint density at radius 3 is 0.704 bits per heavy atom. The highest BCUT2D eigenvalue weighted by molar-refractivity contribution is 7.47. The Balaban J connectivity index is 5.22. The Morgan fingerprint density at radius 1 is 0.269 bits per heavy atom. The molecular weight excluding hydrogens is 1400 g/mol. The van der Waals surface area contributed by atoms with E-state index in [1.54, 1.807) is 0 Å². The molecule has 0 fully saturated rings. The van der Waals surface area contributed by atoms with Crippen LogP contribution in [0.2, 0.25) is 0 Å². The Hall–Kier alpha value is -1.94. The van der Waals surface area contributed by atoms with Crippen LogP contribution < -0.4 is 0 Å². The molecule has 108 heavy (non-hydrogen) atoms. The maximum absolute atomic E-state index is 13.2. The summed E-state index contributed by atoms with van der Waals surface area (Å²) in [6.07, 6.45) is 73.5. The predicted octanol–water partition coefficient (Wildman–Crippen LogP) is 27.4. The highest BCUT2D eigenvalue weighted by atomic mass is 31.2. The fourth-order valence-electron chi connectivity index (χ4n) is 13.9. The van der Waals surface area contributed by atoms with Crippen LogP contribution in [0.25, 0.3) is 0 Å². The molecule has 0 aliphatic carbocycles. The maximum atomic E-state index is 13.2. The lowest BCUT2D eigenvalue weighted by Crippen LogP contribution is -2.30. The van der Waals surface area contributed by atoms with Crippen molar-refractivity contribution in [2.24, 2.45) is 11.8 Å². The largest absolute Gasteiger partial charge is 0.472 e. The van der Waals surface area contributed by atoms with Crippen LogP contribution in [0.15, 0.2) is 0 Å². The molecule has 0 spiro atoms. The second kappa shape index (κ2) is 80.3. The number of unbranched alkanes of at least 4 members (excludes halogenated alkanes) is 57. The van der Waals surface area contributed by atoms with Gasteiger partial charge < -0.3 is 33.8 Å². The third-order valence-electron chi connectivity index (χ3n) is 21.3. The molecule has 0 saturated carbocycles. The Morgan fingerprint density at radius 2 is 0.472 bits per heavy atom. The molecule has 19 heteroatoms. The van der Waals surface area contributed by atoms with E-state index in [1.165, 1.54) is 295 Å². The maximum Gasteiger partial charge on any atom is 0.472 e. The van der Waals surface area contributed by atoms with E-state index in [4.69, 9.17) is 37.0 Å². The van der Waals surface area contributed by atoms with Gasteiger partial charge in [0, 0.05) is 25.7 Å². The topological polar surface area (TPSA) is 237 Å². The molecule has 0 aliphatic heterocycles. The second-order valence-electron chi connectivity index (χ2n) is 32.7. The van der Waals surface area contributed by atoms with E-state index in [2.05, 4.69) is 41.5 Å². The molecule has 0 radical (unpaired) electrons. The van der Waals surface area contributed by atoms with Gasteiger partial charge in [0.2, 0.25) is 0 Å². The molecule has 0 aliphatic rings. The first kappa shape index (κ1) is 106. The number of hydrogen-bond acceptors (Lipinski definition) is 15. The Kier molecular flexibility index (Phi) is 78.8. The fraction of sp³-hybridized carbons (Fsp3) is 0.955. The molecule has 17 nitrogen and oxygen atoms in total. The average Bonchev–Trinajstić information content (AvgIpc) is 0.899. The molecule has 0 rings (SSSR count). The first-order chi connectivity index (χ1) is 52.4. The number of rotatable bonds is 88. The minimum Gasteiger partial charge on any atom is -0.462 e. The van der Waals surface area contributed by atoms with Crippen molar-refractivity contribution < 1.29 is 80.2 Å². The molecular formula is C89H174O17P2. The lowest BCUT2D eigenvalue weighted by Gasteiger charge is -2.21. The quantitative estimate of drug-likeness (QED) is 0.0222. The zero-order chi connectivity index (χ0) is 79.2. The fourth-order valence-corrected chi connectivity index (χ4v) is 15.5. The normalized spacial score (nSPS) is 14.0. The Labute approximate surface area is 664 Å². The summed E-state index contributed by atoms with van der Waals surface area (Å²) in [7, 11) is -9.93. The molecule has 0 bridgehead atoms. The van der Waals surface area contributed by atoms with Crippen LogP contribution in [-0.2, 0) is 65.4 Å². The van der Waals surface area contributed by atoms with Crippen LogP contribution in [0.3, 0.4) is 0 Å². The van der Waals surface area contributed by atoms with Crippen molar-refractivity contribution >= 4 is 39.5 Å². The molecule has 0 aromatic carbocycles. The summed E-state index contributed by atoms with van der Waals surface area (Å²) in [5.74, 6) is -0.403. The molecule has 0 aromatic rings. The first-order valence-corrected chi connectivity index (χ1v) is 49.0. The van der Waals surface area contributed by atoms with Crippen LogP contribution in [-0.4, -0.2) is 96.7 Å². The van der Waals surface area contributed by atoms with E-state index in [-0.39, 0.29) is 25.7 Å². The summed E-state index contributed by atoms with van der Waals surface area (Å²) in [6, 6.07) is 0.